The first-order valence-electron chi connectivity index (χ1n) is 5.98. The van der Waals surface area contributed by atoms with E-state index in [0.717, 1.165) is 17.3 Å². The van der Waals surface area contributed by atoms with Gasteiger partial charge in [-0.2, -0.15) is 0 Å². The van der Waals surface area contributed by atoms with Crippen molar-refractivity contribution in [1.29, 1.82) is 0 Å². The first kappa shape index (κ1) is 13.1. The van der Waals surface area contributed by atoms with Gasteiger partial charge in [-0.25, -0.2) is 4.98 Å². The molecule has 1 aromatic heterocycles. The van der Waals surface area contributed by atoms with Crippen LogP contribution in [0.2, 0.25) is 0 Å². The summed E-state index contributed by atoms with van der Waals surface area (Å²) in [6.45, 7) is 5.00. The molecule has 1 N–H and O–H groups in total. The maximum absolute atomic E-state index is 5.37. The van der Waals surface area contributed by atoms with Gasteiger partial charge in [-0.1, -0.05) is 18.2 Å². The molecule has 1 atom stereocenters. The highest BCUT2D eigenvalue weighted by atomic mass is 32.1. The number of thiazole rings is 1. The molecule has 0 radical (unpaired) electrons. The molecule has 96 valence electrons. The van der Waals surface area contributed by atoms with Gasteiger partial charge in [-0.15, -0.1) is 11.3 Å². The Morgan fingerprint density at radius 1 is 1.39 bits per heavy atom. The van der Waals surface area contributed by atoms with Crippen LogP contribution in [-0.4, -0.2) is 12.1 Å². The van der Waals surface area contributed by atoms with Gasteiger partial charge in [0.05, 0.1) is 7.11 Å². The molecule has 0 bridgehead atoms. The lowest BCUT2D eigenvalue weighted by atomic mass is 10.1. The predicted octanol–water partition coefficient (Wildman–Crippen LogP) is 3.31. The number of aryl methyl sites for hydroxylation is 1. The normalized spacial score (nSPS) is 12.4. The first-order chi connectivity index (χ1) is 8.70. The number of aromatic nitrogens is 1. The van der Waals surface area contributed by atoms with Gasteiger partial charge in [0, 0.05) is 29.2 Å². The van der Waals surface area contributed by atoms with Gasteiger partial charge in [-0.3, -0.25) is 0 Å². The molecule has 0 aliphatic rings. The fourth-order valence-corrected chi connectivity index (χ4v) is 2.60. The number of hydrogen-bond acceptors (Lipinski definition) is 4. The molecule has 0 amide bonds. The van der Waals surface area contributed by atoms with Crippen molar-refractivity contribution in [1.82, 2.24) is 10.3 Å². The number of nitrogens with zero attached hydrogens (tertiary/aromatic N) is 1. The lowest BCUT2D eigenvalue weighted by Gasteiger charge is -2.16. The third-order valence-electron chi connectivity index (χ3n) is 2.83. The predicted molar refractivity (Wildman–Crippen MR) is 75.1 cm³/mol. The summed E-state index contributed by atoms with van der Waals surface area (Å²) in [7, 11) is 1.70. The van der Waals surface area contributed by atoms with Crippen LogP contribution >= 0.6 is 11.3 Å². The van der Waals surface area contributed by atoms with E-state index in [0.29, 0.717) is 0 Å². The Labute approximate surface area is 112 Å². The number of nitrogens with one attached hydrogen (secondary N) is 1. The molecule has 0 aliphatic carbocycles. The number of para-hydroxylation sites is 1. The average Bonchev–Trinajstić information content (AvgIpc) is 2.81. The van der Waals surface area contributed by atoms with Crippen LogP contribution in [0.1, 0.15) is 28.4 Å². The maximum atomic E-state index is 5.37. The van der Waals surface area contributed by atoms with Crippen molar-refractivity contribution < 1.29 is 4.74 Å². The minimum atomic E-state index is 0.241. The largest absolute Gasteiger partial charge is 0.496 e. The van der Waals surface area contributed by atoms with E-state index < -0.39 is 0 Å². The van der Waals surface area contributed by atoms with Crippen LogP contribution in [-0.2, 0) is 6.54 Å². The van der Waals surface area contributed by atoms with Crippen molar-refractivity contribution in [3.05, 3.63) is 45.9 Å². The third-order valence-corrected chi connectivity index (χ3v) is 3.75. The van der Waals surface area contributed by atoms with Gasteiger partial charge >= 0.3 is 0 Å². The van der Waals surface area contributed by atoms with E-state index >= 15 is 0 Å². The number of hydrogen-bond donors (Lipinski definition) is 1. The molecule has 1 heterocycles. The molecule has 18 heavy (non-hydrogen) atoms. The number of rotatable bonds is 5. The van der Waals surface area contributed by atoms with Crippen molar-refractivity contribution in [2.75, 3.05) is 7.11 Å². The van der Waals surface area contributed by atoms with Crippen molar-refractivity contribution >= 4 is 11.3 Å². The van der Waals surface area contributed by atoms with Crippen molar-refractivity contribution in [3.8, 4) is 5.75 Å². The van der Waals surface area contributed by atoms with Gasteiger partial charge in [-0.05, 0) is 19.9 Å². The fraction of sp³-hybridized carbons (Fsp3) is 0.357. The standard InChI is InChI=1S/C14H18N2OS/c1-10-8-16-14(18-10)9-15-11(2)12-6-4-5-7-13(12)17-3/h4-8,11,15H,9H2,1-3H3. The molecule has 3 nitrogen and oxygen atoms in total. The van der Waals surface area contributed by atoms with Crippen molar-refractivity contribution in [3.63, 3.8) is 0 Å². The highest BCUT2D eigenvalue weighted by Gasteiger charge is 2.10. The van der Waals surface area contributed by atoms with E-state index in [4.69, 9.17) is 4.74 Å². The third kappa shape index (κ3) is 3.09. The minimum absolute atomic E-state index is 0.241. The molecule has 0 aliphatic heterocycles. The number of benzene rings is 1. The van der Waals surface area contributed by atoms with Crippen molar-refractivity contribution in [2.45, 2.75) is 26.4 Å². The molecule has 0 saturated heterocycles. The smallest absolute Gasteiger partial charge is 0.123 e. The van der Waals surface area contributed by atoms with Crippen LogP contribution in [0, 0.1) is 6.92 Å². The fourth-order valence-electron chi connectivity index (χ4n) is 1.86. The van der Waals surface area contributed by atoms with Crippen molar-refractivity contribution in [2.24, 2.45) is 0 Å². The second-order valence-corrected chi connectivity index (χ2v) is 5.53. The summed E-state index contributed by atoms with van der Waals surface area (Å²) in [6, 6.07) is 8.33. The van der Waals surface area contributed by atoms with Gasteiger partial charge in [0.25, 0.3) is 0 Å². The van der Waals surface area contributed by atoms with Crippen LogP contribution in [0.3, 0.4) is 0 Å². The number of methoxy groups -OCH3 is 1. The molecular weight excluding hydrogens is 244 g/mol. The Morgan fingerprint density at radius 3 is 2.83 bits per heavy atom. The van der Waals surface area contributed by atoms with Gasteiger partial charge in [0.15, 0.2) is 0 Å². The molecule has 2 aromatic rings. The summed E-state index contributed by atoms with van der Waals surface area (Å²) >= 11 is 1.73. The lowest BCUT2D eigenvalue weighted by Crippen LogP contribution is -2.18. The van der Waals surface area contributed by atoms with Crippen LogP contribution in [0.25, 0.3) is 0 Å². The minimum Gasteiger partial charge on any atom is -0.496 e. The summed E-state index contributed by atoms with van der Waals surface area (Å²) in [5, 5.41) is 4.59. The van der Waals surface area contributed by atoms with E-state index in [1.807, 2.05) is 24.4 Å². The van der Waals surface area contributed by atoms with E-state index in [9.17, 15) is 0 Å². The molecule has 0 fully saturated rings. The van der Waals surface area contributed by atoms with E-state index in [2.05, 4.69) is 30.2 Å². The summed E-state index contributed by atoms with van der Waals surface area (Å²) < 4.78 is 5.37. The summed E-state index contributed by atoms with van der Waals surface area (Å²) in [5.74, 6) is 0.924. The molecule has 4 heteroatoms. The lowest BCUT2D eigenvalue weighted by molar-refractivity contribution is 0.401. The van der Waals surface area contributed by atoms with E-state index in [1.54, 1.807) is 18.4 Å². The molecule has 2 rings (SSSR count). The Morgan fingerprint density at radius 2 is 2.17 bits per heavy atom. The van der Waals surface area contributed by atoms with Crippen LogP contribution < -0.4 is 10.1 Å². The summed E-state index contributed by atoms with van der Waals surface area (Å²) in [6.07, 6.45) is 1.91. The summed E-state index contributed by atoms with van der Waals surface area (Å²) in [5.41, 5.74) is 1.17. The zero-order chi connectivity index (χ0) is 13.0. The zero-order valence-corrected chi connectivity index (χ0v) is 11.8. The highest BCUT2D eigenvalue weighted by molar-refractivity contribution is 7.11. The Bertz CT molecular complexity index is 510. The molecule has 1 unspecified atom stereocenters. The van der Waals surface area contributed by atoms with E-state index in [-0.39, 0.29) is 6.04 Å². The second-order valence-electron chi connectivity index (χ2n) is 4.21. The summed E-state index contributed by atoms with van der Waals surface area (Å²) in [4.78, 5) is 5.60. The van der Waals surface area contributed by atoms with E-state index in [1.165, 1.54) is 10.4 Å². The quantitative estimate of drug-likeness (QED) is 0.897. The van der Waals surface area contributed by atoms with Gasteiger partial charge in [0.2, 0.25) is 0 Å². The molecule has 0 spiro atoms. The second kappa shape index (κ2) is 5.98. The molecular formula is C14H18N2OS. The average molecular weight is 262 g/mol. The monoisotopic (exact) mass is 262 g/mol. The molecule has 0 saturated carbocycles. The highest BCUT2D eigenvalue weighted by Crippen LogP contribution is 2.24. The van der Waals surface area contributed by atoms with Crippen LogP contribution in [0.5, 0.6) is 5.75 Å². The number of ether oxygens (including phenoxy) is 1. The maximum Gasteiger partial charge on any atom is 0.123 e. The van der Waals surface area contributed by atoms with Gasteiger partial charge in [0.1, 0.15) is 10.8 Å². The topological polar surface area (TPSA) is 34.1 Å². The van der Waals surface area contributed by atoms with Crippen LogP contribution in [0.4, 0.5) is 0 Å². The van der Waals surface area contributed by atoms with Gasteiger partial charge < -0.3 is 10.1 Å². The first-order valence-corrected chi connectivity index (χ1v) is 6.80. The van der Waals surface area contributed by atoms with Crippen LogP contribution in [0.15, 0.2) is 30.5 Å². The SMILES string of the molecule is COc1ccccc1C(C)NCc1ncc(C)s1. The Hall–Kier alpha value is -1.39. The Kier molecular flexibility index (Phi) is 4.33. The zero-order valence-electron chi connectivity index (χ0n) is 10.9. The molecule has 1 aromatic carbocycles. The Balaban J connectivity index is 2.01.